The molecule has 1 unspecified atom stereocenters. The Balaban J connectivity index is 4.48. The van der Waals surface area contributed by atoms with Gasteiger partial charge in [0.2, 0.25) is 0 Å². The van der Waals surface area contributed by atoms with Crippen molar-refractivity contribution in [2.45, 2.75) is 32.4 Å². The van der Waals surface area contributed by atoms with Gasteiger partial charge >= 0.3 is 12.2 Å². The Labute approximate surface area is 112 Å². The molecule has 1 atom stereocenters. The van der Waals surface area contributed by atoms with Gasteiger partial charge in [-0.3, -0.25) is 0 Å². The number of nitrogens with zero attached hydrogens (tertiary/aromatic N) is 2. The van der Waals surface area contributed by atoms with Gasteiger partial charge in [-0.2, -0.15) is 0 Å². The molecule has 7 heteroatoms. The van der Waals surface area contributed by atoms with Gasteiger partial charge in [-0.25, -0.2) is 9.59 Å². The van der Waals surface area contributed by atoms with E-state index in [1.54, 1.807) is 27.8 Å². The van der Waals surface area contributed by atoms with E-state index >= 15 is 0 Å². The van der Waals surface area contributed by atoms with Crippen molar-refractivity contribution in [3.63, 3.8) is 0 Å². The van der Waals surface area contributed by atoms with E-state index in [1.807, 2.05) is 0 Å². The molecule has 0 aliphatic carbocycles. The van der Waals surface area contributed by atoms with E-state index in [1.165, 1.54) is 11.9 Å². The van der Waals surface area contributed by atoms with Gasteiger partial charge in [-0.15, -0.1) is 11.6 Å². The number of halogens is 1. The summed E-state index contributed by atoms with van der Waals surface area (Å²) in [5.41, 5.74) is -0.583. The molecule has 0 aliphatic heterocycles. The normalized spacial score (nSPS) is 12.8. The highest BCUT2D eigenvalue weighted by Crippen LogP contribution is 2.10. The second-order valence-electron chi connectivity index (χ2n) is 5.06. The summed E-state index contributed by atoms with van der Waals surface area (Å²) >= 11 is 5.70. The maximum absolute atomic E-state index is 11.7. The van der Waals surface area contributed by atoms with E-state index in [2.05, 4.69) is 0 Å². The van der Waals surface area contributed by atoms with E-state index in [0.717, 1.165) is 4.90 Å². The third-order valence-corrected chi connectivity index (χ3v) is 2.57. The number of amides is 2. The fraction of sp³-hybridized carbons (Fsp3) is 0.818. The summed E-state index contributed by atoms with van der Waals surface area (Å²) in [5.74, 6) is 0.107. The van der Waals surface area contributed by atoms with Gasteiger partial charge in [0.05, 0.1) is 6.04 Å². The Morgan fingerprint density at radius 2 is 1.83 bits per heavy atom. The van der Waals surface area contributed by atoms with Crippen LogP contribution < -0.4 is 0 Å². The monoisotopic (exact) mass is 280 g/mol. The first-order chi connectivity index (χ1) is 8.08. The lowest BCUT2D eigenvalue weighted by Gasteiger charge is -2.30. The Morgan fingerprint density at radius 3 is 2.17 bits per heavy atom. The average molecular weight is 281 g/mol. The van der Waals surface area contributed by atoms with Crippen LogP contribution in [0.1, 0.15) is 20.8 Å². The van der Waals surface area contributed by atoms with Gasteiger partial charge in [0.1, 0.15) is 5.60 Å². The highest BCUT2D eigenvalue weighted by molar-refractivity contribution is 6.18. The lowest BCUT2D eigenvalue weighted by molar-refractivity contribution is 0.0260. The SMILES string of the molecule is CN(CC(CCl)N(C)C(=O)O)C(=O)OC(C)(C)C. The molecule has 0 rings (SSSR count). The summed E-state index contributed by atoms with van der Waals surface area (Å²) in [5, 5.41) is 8.85. The minimum atomic E-state index is -1.08. The van der Waals surface area contributed by atoms with Crippen molar-refractivity contribution in [2.75, 3.05) is 26.5 Å². The van der Waals surface area contributed by atoms with Crippen LogP contribution in [-0.4, -0.2) is 65.3 Å². The fourth-order valence-corrected chi connectivity index (χ4v) is 1.47. The number of ether oxygens (including phenoxy) is 1. The van der Waals surface area contributed by atoms with Gasteiger partial charge in [-0.1, -0.05) is 0 Å². The van der Waals surface area contributed by atoms with Gasteiger partial charge in [0, 0.05) is 26.5 Å². The van der Waals surface area contributed by atoms with Gasteiger partial charge < -0.3 is 19.6 Å². The summed E-state index contributed by atoms with van der Waals surface area (Å²) in [6.07, 6.45) is -1.59. The number of alkyl halides is 1. The van der Waals surface area contributed by atoms with Gasteiger partial charge in [0.15, 0.2) is 0 Å². The van der Waals surface area contributed by atoms with Crippen LogP contribution in [0.4, 0.5) is 9.59 Å². The molecule has 6 nitrogen and oxygen atoms in total. The zero-order valence-electron chi connectivity index (χ0n) is 11.4. The first-order valence-electron chi connectivity index (χ1n) is 5.54. The molecule has 2 amide bonds. The predicted molar refractivity (Wildman–Crippen MR) is 69.2 cm³/mol. The molecule has 0 aromatic heterocycles. The number of carboxylic acid groups (broad SMARTS) is 1. The Morgan fingerprint density at radius 1 is 1.33 bits per heavy atom. The summed E-state index contributed by atoms with van der Waals surface area (Å²) in [7, 11) is 2.96. The number of rotatable bonds is 4. The smallest absolute Gasteiger partial charge is 0.410 e. The molecular weight excluding hydrogens is 260 g/mol. The maximum atomic E-state index is 11.7. The number of hydrogen-bond donors (Lipinski definition) is 1. The topological polar surface area (TPSA) is 70.1 Å². The van der Waals surface area contributed by atoms with E-state index in [9.17, 15) is 9.59 Å². The second kappa shape index (κ2) is 6.68. The lowest BCUT2D eigenvalue weighted by atomic mass is 10.2. The fourth-order valence-electron chi connectivity index (χ4n) is 1.16. The minimum Gasteiger partial charge on any atom is -0.465 e. The Kier molecular flexibility index (Phi) is 6.25. The number of carbonyl (C=O) groups is 2. The maximum Gasteiger partial charge on any atom is 0.410 e. The summed E-state index contributed by atoms with van der Waals surface area (Å²) in [4.78, 5) is 24.9. The third-order valence-electron chi connectivity index (χ3n) is 2.22. The van der Waals surface area contributed by atoms with Crippen molar-refractivity contribution in [3.05, 3.63) is 0 Å². The van der Waals surface area contributed by atoms with E-state index in [-0.39, 0.29) is 12.4 Å². The molecule has 18 heavy (non-hydrogen) atoms. The van der Waals surface area contributed by atoms with Crippen LogP contribution in [0, 0.1) is 0 Å². The Hall–Kier alpha value is -1.17. The molecule has 0 heterocycles. The number of carbonyl (C=O) groups excluding carboxylic acids is 1. The summed E-state index contributed by atoms with van der Waals surface area (Å²) in [6, 6.07) is -0.471. The average Bonchev–Trinajstić information content (AvgIpc) is 2.21. The second-order valence-corrected chi connectivity index (χ2v) is 5.37. The molecule has 0 bridgehead atoms. The predicted octanol–water partition coefficient (Wildman–Crippen LogP) is 2.07. The summed E-state index contributed by atoms with van der Waals surface area (Å²) in [6.45, 7) is 5.48. The molecule has 0 saturated carbocycles. The van der Waals surface area contributed by atoms with Crippen molar-refractivity contribution < 1.29 is 19.4 Å². The zero-order chi connectivity index (χ0) is 14.5. The van der Waals surface area contributed by atoms with Crippen molar-refractivity contribution >= 4 is 23.8 Å². The quantitative estimate of drug-likeness (QED) is 0.801. The van der Waals surface area contributed by atoms with Crippen LogP contribution in [0.2, 0.25) is 0 Å². The largest absolute Gasteiger partial charge is 0.465 e. The molecule has 0 spiro atoms. The van der Waals surface area contributed by atoms with E-state index in [4.69, 9.17) is 21.4 Å². The first-order valence-corrected chi connectivity index (χ1v) is 6.07. The number of hydrogen-bond acceptors (Lipinski definition) is 3. The van der Waals surface area contributed by atoms with E-state index in [0.29, 0.717) is 0 Å². The van der Waals surface area contributed by atoms with Crippen molar-refractivity contribution in [1.82, 2.24) is 9.80 Å². The zero-order valence-corrected chi connectivity index (χ0v) is 12.2. The lowest BCUT2D eigenvalue weighted by Crippen LogP contribution is -2.47. The van der Waals surface area contributed by atoms with Gasteiger partial charge in [0.25, 0.3) is 0 Å². The van der Waals surface area contributed by atoms with Crippen LogP contribution in [0.3, 0.4) is 0 Å². The molecular formula is C11H21ClN2O4. The summed E-state index contributed by atoms with van der Waals surface area (Å²) < 4.78 is 5.16. The van der Waals surface area contributed by atoms with Crippen LogP contribution in [-0.2, 0) is 4.74 Å². The van der Waals surface area contributed by atoms with Crippen LogP contribution in [0.15, 0.2) is 0 Å². The highest BCUT2D eigenvalue weighted by Gasteiger charge is 2.25. The van der Waals surface area contributed by atoms with Crippen molar-refractivity contribution in [2.24, 2.45) is 0 Å². The van der Waals surface area contributed by atoms with Crippen molar-refractivity contribution in [3.8, 4) is 0 Å². The molecule has 0 aliphatic rings. The van der Waals surface area contributed by atoms with Crippen LogP contribution in [0.25, 0.3) is 0 Å². The standard InChI is InChI=1S/C11H21ClN2O4/c1-11(2,3)18-10(17)13(4)7-8(6-12)14(5)9(15)16/h8H,6-7H2,1-5H3,(H,15,16). The molecule has 106 valence electrons. The molecule has 1 N–H and O–H groups in total. The van der Waals surface area contributed by atoms with Crippen LogP contribution >= 0.6 is 11.6 Å². The molecule has 0 saturated heterocycles. The minimum absolute atomic E-state index is 0.107. The van der Waals surface area contributed by atoms with Gasteiger partial charge in [-0.05, 0) is 20.8 Å². The van der Waals surface area contributed by atoms with E-state index < -0.39 is 23.8 Å². The Bertz CT molecular complexity index is 304. The first kappa shape index (κ1) is 16.8. The highest BCUT2D eigenvalue weighted by atomic mass is 35.5. The molecule has 0 aromatic carbocycles. The molecule has 0 fully saturated rings. The van der Waals surface area contributed by atoms with Crippen LogP contribution in [0.5, 0.6) is 0 Å². The molecule has 0 aromatic rings. The third kappa shape index (κ3) is 5.95. The molecule has 0 radical (unpaired) electrons. The number of likely N-dealkylation sites (N-methyl/N-ethyl adjacent to an activating group) is 2. The van der Waals surface area contributed by atoms with Crippen molar-refractivity contribution in [1.29, 1.82) is 0 Å².